The van der Waals surface area contributed by atoms with Gasteiger partial charge >= 0.3 is 11.9 Å². The van der Waals surface area contributed by atoms with E-state index in [1.807, 2.05) is 0 Å². The van der Waals surface area contributed by atoms with Gasteiger partial charge in [0.25, 0.3) is 0 Å². The molecule has 0 aliphatic heterocycles. The molecule has 0 radical (unpaired) electrons. The SMILES string of the molecule is CC(C)[C@@H](NC(=O)CC[C@@H](N)C(=O)O)C(=O)NCC(=O)O.Cl. The fourth-order valence-corrected chi connectivity index (χ4v) is 1.46. The van der Waals surface area contributed by atoms with Gasteiger partial charge < -0.3 is 26.6 Å². The van der Waals surface area contributed by atoms with Gasteiger partial charge in [-0.2, -0.15) is 0 Å². The summed E-state index contributed by atoms with van der Waals surface area (Å²) >= 11 is 0. The highest BCUT2D eigenvalue weighted by atomic mass is 35.5. The molecule has 0 unspecified atom stereocenters. The van der Waals surface area contributed by atoms with Crippen LogP contribution in [-0.2, 0) is 19.2 Å². The van der Waals surface area contributed by atoms with Gasteiger partial charge in [0.2, 0.25) is 11.8 Å². The highest BCUT2D eigenvalue weighted by Crippen LogP contribution is 2.03. The van der Waals surface area contributed by atoms with Gasteiger partial charge in [-0.15, -0.1) is 12.4 Å². The summed E-state index contributed by atoms with van der Waals surface area (Å²) in [4.78, 5) is 44.3. The minimum atomic E-state index is -1.21. The van der Waals surface area contributed by atoms with Crippen LogP contribution in [0.3, 0.4) is 0 Å². The Morgan fingerprint density at radius 1 is 1.14 bits per heavy atom. The zero-order chi connectivity index (χ0) is 16.6. The van der Waals surface area contributed by atoms with Crippen molar-refractivity contribution < 1.29 is 29.4 Å². The Morgan fingerprint density at radius 3 is 2.09 bits per heavy atom. The summed E-state index contributed by atoms with van der Waals surface area (Å²) in [6, 6.07) is -2.04. The summed E-state index contributed by atoms with van der Waals surface area (Å²) in [6.45, 7) is 2.84. The molecule has 0 saturated carbocycles. The Bertz CT molecular complexity index is 416. The van der Waals surface area contributed by atoms with E-state index in [9.17, 15) is 19.2 Å². The molecule has 22 heavy (non-hydrogen) atoms. The maximum atomic E-state index is 11.8. The van der Waals surface area contributed by atoms with Crippen molar-refractivity contribution in [3.8, 4) is 0 Å². The number of carbonyl (C=O) groups excluding carboxylic acids is 2. The Balaban J connectivity index is 0. The highest BCUT2D eigenvalue weighted by molar-refractivity contribution is 5.89. The molecule has 2 amide bonds. The van der Waals surface area contributed by atoms with Crippen LogP contribution < -0.4 is 16.4 Å². The average Bonchev–Trinajstić information content (AvgIpc) is 2.38. The van der Waals surface area contributed by atoms with Crippen LogP contribution in [0.15, 0.2) is 0 Å². The van der Waals surface area contributed by atoms with Crippen molar-refractivity contribution >= 4 is 36.2 Å². The summed E-state index contributed by atoms with van der Waals surface area (Å²) in [6.07, 6.45) is -0.189. The van der Waals surface area contributed by atoms with Gasteiger partial charge in [-0.25, -0.2) is 0 Å². The maximum absolute atomic E-state index is 11.8. The predicted molar refractivity (Wildman–Crippen MR) is 79.5 cm³/mol. The average molecular weight is 340 g/mol. The lowest BCUT2D eigenvalue weighted by Crippen LogP contribution is -2.50. The van der Waals surface area contributed by atoms with Gasteiger partial charge in [-0.05, 0) is 12.3 Å². The summed E-state index contributed by atoms with van der Waals surface area (Å²) in [5.74, 6) is -3.78. The number of carboxylic acid groups (broad SMARTS) is 2. The zero-order valence-electron chi connectivity index (χ0n) is 12.4. The van der Waals surface area contributed by atoms with Crippen molar-refractivity contribution in [1.82, 2.24) is 10.6 Å². The summed E-state index contributed by atoms with van der Waals surface area (Å²) in [5, 5.41) is 21.7. The standard InChI is InChI=1S/C12H21N3O6.ClH/c1-6(2)10(11(19)14-5-9(17)18)15-8(16)4-3-7(13)12(20)21;/h6-7,10H,3-5,13H2,1-2H3,(H,14,19)(H,15,16)(H,17,18)(H,20,21);1H/t7-,10-;/m1./s1. The van der Waals surface area contributed by atoms with Crippen LogP contribution in [0.2, 0.25) is 0 Å². The van der Waals surface area contributed by atoms with E-state index < -0.39 is 42.4 Å². The van der Waals surface area contributed by atoms with Gasteiger partial charge in [-0.3, -0.25) is 19.2 Å². The van der Waals surface area contributed by atoms with Crippen LogP contribution in [0, 0.1) is 5.92 Å². The van der Waals surface area contributed by atoms with Crippen LogP contribution >= 0.6 is 12.4 Å². The van der Waals surface area contributed by atoms with Crippen molar-refractivity contribution in [1.29, 1.82) is 0 Å². The number of hydrogen-bond acceptors (Lipinski definition) is 5. The van der Waals surface area contributed by atoms with Gasteiger partial charge in [0.15, 0.2) is 0 Å². The molecule has 0 aliphatic carbocycles. The van der Waals surface area contributed by atoms with Crippen LogP contribution in [0.4, 0.5) is 0 Å². The molecule has 10 heteroatoms. The van der Waals surface area contributed by atoms with Gasteiger partial charge in [0.05, 0.1) is 0 Å². The predicted octanol–water partition coefficient (Wildman–Crippen LogP) is -1.06. The quantitative estimate of drug-likeness (QED) is 0.358. The van der Waals surface area contributed by atoms with Crippen molar-refractivity contribution in [2.45, 2.75) is 38.8 Å². The van der Waals surface area contributed by atoms with E-state index in [1.54, 1.807) is 13.8 Å². The van der Waals surface area contributed by atoms with E-state index in [-0.39, 0.29) is 31.2 Å². The number of rotatable bonds is 9. The topological polar surface area (TPSA) is 159 Å². The molecule has 0 heterocycles. The first kappa shape index (κ1) is 22.4. The largest absolute Gasteiger partial charge is 0.480 e. The first-order chi connectivity index (χ1) is 9.65. The molecule has 6 N–H and O–H groups in total. The minimum Gasteiger partial charge on any atom is -0.480 e. The smallest absolute Gasteiger partial charge is 0.322 e. The lowest BCUT2D eigenvalue weighted by molar-refractivity contribution is -0.139. The molecule has 0 bridgehead atoms. The van der Waals surface area contributed by atoms with Gasteiger partial charge in [0.1, 0.15) is 18.6 Å². The van der Waals surface area contributed by atoms with Crippen molar-refractivity contribution in [3.63, 3.8) is 0 Å². The molecule has 0 aliphatic rings. The van der Waals surface area contributed by atoms with E-state index in [1.165, 1.54) is 0 Å². The third-order valence-electron chi connectivity index (χ3n) is 2.68. The van der Waals surface area contributed by atoms with Gasteiger partial charge in [-0.1, -0.05) is 13.8 Å². The van der Waals surface area contributed by atoms with E-state index >= 15 is 0 Å². The monoisotopic (exact) mass is 339 g/mol. The lowest BCUT2D eigenvalue weighted by atomic mass is 10.0. The Hall–Kier alpha value is -1.87. The third kappa shape index (κ3) is 9.14. The molecule has 0 spiro atoms. The number of carboxylic acids is 2. The second kappa shape index (κ2) is 10.8. The molecule has 0 aromatic rings. The zero-order valence-corrected chi connectivity index (χ0v) is 13.2. The van der Waals surface area contributed by atoms with Crippen LogP contribution in [-0.4, -0.2) is 52.6 Å². The maximum Gasteiger partial charge on any atom is 0.322 e. The second-order valence-corrected chi connectivity index (χ2v) is 4.88. The molecular formula is C12H22ClN3O6. The molecule has 0 aromatic heterocycles. The molecule has 0 aromatic carbocycles. The summed E-state index contributed by atoms with van der Waals surface area (Å²) in [5.41, 5.74) is 5.27. The Morgan fingerprint density at radius 2 is 1.68 bits per heavy atom. The third-order valence-corrected chi connectivity index (χ3v) is 2.68. The molecule has 0 fully saturated rings. The molecule has 9 nitrogen and oxygen atoms in total. The molecule has 2 atom stereocenters. The fourth-order valence-electron chi connectivity index (χ4n) is 1.46. The number of aliphatic carboxylic acids is 2. The van der Waals surface area contributed by atoms with E-state index in [0.29, 0.717) is 0 Å². The number of amides is 2. The van der Waals surface area contributed by atoms with Crippen LogP contribution in [0.5, 0.6) is 0 Å². The van der Waals surface area contributed by atoms with E-state index in [0.717, 1.165) is 0 Å². The summed E-state index contributed by atoms with van der Waals surface area (Å²) in [7, 11) is 0. The Kier molecular flexibility index (Phi) is 11.0. The highest BCUT2D eigenvalue weighted by Gasteiger charge is 2.24. The Labute approximate surface area is 134 Å². The first-order valence-electron chi connectivity index (χ1n) is 6.42. The van der Waals surface area contributed by atoms with Crippen LogP contribution in [0.25, 0.3) is 0 Å². The molecule has 128 valence electrons. The fraction of sp³-hybridized carbons (Fsp3) is 0.667. The van der Waals surface area contributed by atoms with Crippen LogP contribution in [0.1, 0.15) is 26.7 Å². The van der Waals surface area contributed by atoms with Gasteiger partial charge in [0, 0.05) is 6.42 Å². The molecular weight excluding hydrogens is 318 g/mol. The second-order valence-electron chi connectivity index (χ2n) is 4.88. The van der Waals surface area contributed by atoms with E-state index in [2.05, 4.69) is 10.6 Å². The van der Waals surface area contributed by atoms with Crippen molar-refractivity contribution in [2.24, 2.45) is 11.7 Å². The number of hydrogen-bond donors (Lipinski definition) is 5. The first-order valence-corrected chi connectivity index (χ1v) is 6.42. The van der Waals surface area contributed by atoms with Crippen molar-refractivity contribution in [3.05, 3.63) is 0 Å². The molecule has 0 rings (SSSR count). The van der Waals surface area contributed by atoms with E-state index in [4.69, 9.17) is 15.9 Å². The number of nitrogens with one attached hydrogen (secondary N) is 2. The summed E-state index contributed by atoms with van der Waals surface area (Å²) < 4.78 is 0. The number of carbonyl (C=O) groups is 4. The minimum absolute atomic E-state index is 0. The lowest BCUT2D eigenvalue weighted by Gasteiger charge is -2.21. The molecule has 0 saturated heterocycles. The normalized spacial score (nSPS) is 12.7. The number of halogens is 1. The number of nitrogens with two attached hydrogens (primary N) is 1. The van der Waals surface area contributed by atoms with Crippen molar-refractivity contribution in [2.75, 3.05) is 6.54 Å².